The zero-order chi connectivity index (χ0) is 14.2. The minimum absolute atomic E-state index is 3.03. The highest BCUT2D eigenvalue weighted by Gasteiger charge is 2.78. The molecule has 2 N–H and O–H groups in total. The highest BCUT2D eigenvalue weighted by molar-refractivity contribution is 5.14. The van der Waals surface area contributed by atoms with E-state index in [1.165, 1.54) is 0 Å². The predicted molar refractivity (Wildman–Crippen MR) is 32.3 cm³/mol. The van der Waals surface area contributed by atoms with Crippen molar-refractivity contribution in [2.75, 3.05) is 0 Å². The van der Waals surface area contributed by atoms with E-state index in [2.05, 4.69) is 5.73 Å². The third-order valence-electron chi connectivity index (χ3n) is 1.47. The van der Waals surface area contributed by atoms with E-state index in [0.29, 0.717) is 0 Å². The lowest BCUT2D eigenvalue weighted by Crippen LogP contribution is -2.59. The van der Waals surface area contributed by atoms with Gasteiger partial charge in [-0.05, 0) is 0 Å². The van der Waals surface area contributed by atoms with Crippen LogP contribution in [0.25, 0.3) is 0 Å². The Bertz CT molecular complexity index is 317. The molecule has 12 heteroatoms. The van der Waals surface area contributed by atoms with E-state index in [-0.39, 0.29) is 0 Å². The highest BCUT2D eigenvalue weighted by atomic mass is 19.4. The standard InChI is InChI=1S/C5H2F10N2/c6-1(2(7)16)3(8,9)4(10,11)5(12,13)17(14)15/h16H2. The smallest absolute Gasteiger partial charge is 0.373 e. The molecule has 0 spiro atoms. The van der Waals surface area contributed by atoms with E-state index in [1.807, 2.05) is 0 Å². The molecule has 0 bridgehead atoms. The van der Waals surface area contributed by atoms with E-state index in [0.717, 1.165) is 0 Å². The second-order valence-corrected chi connectivity index (χ2v) is 2.58. The fourth-order valence-corrected chi connectivity index (χ4v) is 0.583. The zero-order valence-electron chi connectivity index (χ0n) is 7.30. The monoisotopic (exact) mass is 280 g/mol. The Hall–Kier alpha value is -1.20. The van der Waals surface area contributed by atoms with Crippen molar-refractivity contribution in [3.8, 4) is 0 Å². The highest BCUT2D eigenvalue weighted by Crippen LogP contribution is 2.51. The summed E-state index contributed by atoms with van der Waals surface area (Å²) in [4.78, 5) is 0. The van der Waals surface area contributed by atoms with Crippen molar-refractivity contribution >= 4 is 0 Å². The molecule has 0 saturated heterocycles. The van der Waals surface area contributed by atoms with Crippen molar-refractivity contribution in [1.82, 2.24) is 5.34 Å². The summed E-state index contributed by atoms with van der Waals surface area (Å²) in [6.45, 7) is 0. The van der Waals surface area contributed by atoms with Crippen LogP contribution >= 0.6 is 0 Å². The van der Waals surface area contributed by atoms with Gasteiger partial charge in [-0.25, -0.2) is 0 Å². The number of rotatable bonds is 4. The molecule has 0 rings (SSSR count). The number of hydrogen-bond acceptors (Lipinski definition) is 2. The molecule has 0 aromatic carbocycles. The maximum atomic E-state index is 12.4. The quantitative estimate of drug-likeness (QED) is 0.487. The van der Waals surface area contributed by atoms with Gasteiger partial charge < -0.3 is 5.73 Å². The maximum Gasteiger partial charge on any atom is 0.426 e. The van der Waals surface area contributed by atoms with Crippen molar-refractivity contribution in [2.45, 2.75) is 17.9 Å². The van der Waals surface area contributed by atoms with E-state index < -0.39 is 35.0 Å². The summed E-state index contributed by atoms with van der Waals surface area (Å²) in [5.74, 6) is -20.3. The van der Waals surface area contributed by atoms with Gasteiger partial charge in [-0.1, -0.05) is 8.96 Å². The predicted octanol–water partition coefficient (Wildman–Crippen LogP) is 2.99. The Morgan fingerprint density at radius 3 is 1.47 bits per heavy atom. The van der Waals surface area contributed by atoms with Gasteiger partial charge in [0.15, 0.2) is 0 Å². The first-order valence-corrected chi connectivity index (χ1v) is 3.36. The third-order valence-corrected chi connectivity index (χ3v) is 1.47. The normalized spacial score (nSPS) is 16.2. The average molecular weight is 280 g/mol. The molecule has 102 valence electrons. The molecule has 0 atom stereocenters. The average Bonchev–Trinajstić information content (AvgIpc) is 2.15. The summed E-state index contributed by atoms with van der Waals surface area (Å²) in [5, 5.41) is -3.55. The van der Waals surface area contributed by atoms with Crippen LogP contribution in [0.4, 0.5) is 44.1 Å². The lowest BCUT2D eigenvalue weighted by Gasteiger charge is -2.30. The number of allylic oxidation sites excluding steroid dienone is 1. The van der Waals surface area contributed by atoms with E-state index >= 15 is 0 Å². The first kappa shape index (κ1) is 15.8. The topological polar surface area (TPSA) is 29.3 Å². The molecule has 0 heterocycles. The Kier molecular flexibility index (Phi) is 3.94. The number of nitrogens with two attached hydrogens (primary N) is 1. The summed E-state index contributed by atoms with van der Waals surface area (Å²) in [6.07, 6.45) is 0. The van der Waals surface area contributed by atoms with Crippen LogP contribution in [0.3, 0.4) is 0 Å². The summed E-state index contributed by atoms with van der Waals surface area (Å²) in [5.41, 5.74) is 3.72. The van der Waals surface area contributed by atoms with Crippen molar-refractivity contribution < 1.29 is 44.1 Å². The lowest BCUT2D eigenvalue weighted by molar-refractivity contribution is -0.428. The minimum Gasteiger partial charge on any atom is -0.373 e. The van der Waals surface area contributed by atoms with Gasteiger partial charge in [0.05, 0.1) is 5.34 Å². The molecule has 0 aromatic rings. The SMILES string of the molecule is NC(F)=C(F)C(F)(F)C(F)(F)C(F)(F)N(F)F. The van der Waals surface area contributed by atoms with Gasteiger partial charge in [0.25, 0.3) is 0 Å². The van der Waals surface area contributed by atoms with E-state index in [9.17, 15) is 44.1 Å². The number of halogens is 10. The second-order valence-electron chi connectivity index (χ2n) is 2.58. The molecule has 17 heavy (non-hydrogen) atoms. The molecule has 0 aliphatic carbocycles. The summed E-state index contributed by atoms with van der Waals surface area (Å²) in [7, 11) is 0. The fourth-order valence-electron chi connectivity index (χ4n) is 0.583. The molecule has 0 aliphatic heterocycles. The van der Waals surface area contributed by atoms with Crippen LogP contribution in [0.15, 0.2) is 11.8 Å². The number of nitrogens with zero attached hydrogens (tertiary/aromatic N) is 1. The van der Waals surface area contributed by atoms with Gasteiger partial charge in [-0.3, -0.25) is 0 Å². The molecule has 0 radical (unpaired) electrons. The molecule has 0 unspecified atom stereocenters. The molecular weight excluding hydrogens is 278 g/mol. The van der Waals surface area contributed by atoms with Gasteiger partial charge in [0.2, 0.25) is 11.8 Å². The lowest BCUT2D eigenvalue weighted by atomic mass is 10.1. The Morgan fingerprint density at radius 2 is 1.24 bits per heavy atom. The van der Waals surface area contributed by atoms with Crippen molar-refractivity contribution in [3.05, 3.63) is 11.8 Å². The van der Waals surface area contributed by atoms with Gasteiger partial charge in [-0.15, -0.1) is 0 Å². The van der Waals surface area contributed by atoms with Crippen LogP contribution in [-0.4, -0.2) is 23.2 Å². The second kappa shape index (κ2) is 4.23. The maximum absolute atomic E-state index is 12.4. The summed E-state index contributed by atoms with van der Waals surface area (Å²) >= 11 is 0. The Morgan fingerprint density at radius 1 is 0.882 bits per heavy atom. The van der Waals surface area contributed by atoms with Crippen molar-refractivity contribution in [1.29, 1.82) is 0 Å². The van der Waals surface area contributed by atoms with Crippen molar-refractivity contribution in [2.24, 2.45) is 5.73 Å². The number of alkyl halides is 6. The molecule has 0 aliphatic rings. The van der Waals surface area contributed by atoms with E-state index in [4.69, 9.17) is 0 Å². The molecule has 0 fully saturated rings. The van der Waals surface area contributed by atoms with Gasteiger partial charge in [0, 0.05) is 0 Å². The van der Waals surface area contributed by atoms with Crippen LogP contribution in [0.5, 0.6) is 0 Å². The summed E-state index contributed by atoms with van der Waals surface area (Å²) in [6, 6.07) is -6.73. The number of hydrogen-bond donors (Lipinski definition) is 1. The Labute approximate surface area is 86.1 Å². The first-order chi connectivity index (χ1) is 7.30. The summed E-state index contributed by atoms with van der Waals surface area (Å²) < 4.78 is 120. The molecule has 0 aromatic heterocycles. The van der Waals surface area contributed by atoms with Gasteiger partial charge >= 0.3 is 17.9 Å². The van der Waals surface area contributed by atoms with Crippen LogP contribution in [0.1, 0.15) is 0 Å². The van der Waals surface area contributed by atoms with Crippen LogP contribution in [0, 0.1) is 0 Å². The van der Waals surface area contributed by atoms with Crippen LogP contribution in [-0.2, 0) is 0 Å². The molecule has 2 nitrogen and oxygen atoms in total. The van der Waals surface area contributed by atoms with Gasteiger partial charge in [0.1, 0.15) is 0 Å². The largest absolute Gasteiger partial charge is 0.426 e. The molecule has 0 saturated carbocycles. The van der Waals surface area contributed by atoms with Crippen molar-refractivity contribution in [3.63, 3.8) is 0 Å². The van der Waals surface area contributed by atoms with Gasteiger partial charge in [-0.2, -0.15) is 35.1 Å². The Balaban J connectivity index is 5.70. The van der Waals surface area contributed by atoms with E-state index in [1.54, 1.807) is 0 Å². The third kappa shape index (κ3) is 2.25. The first-order valence-electron chi connectivity index (χ1n) is 3.36. The fraction of sp³-hybridized carbons (Fsp3) is 0.600. The van der Waals surface area contributed by atoms with Crippen LogP contribution < -0.4 is 5.73 Å². The minimum atomic E-state index is -6.93. The van der Waals surface area contributed by atoms with Crippen LogP contribution in [0.2, 0.25) is 0 Å². The molecular formula is C5H2F10N2. The zero-order valence-corrected chi connectivity index (χ0v) is 7.30. The molecule has 0 amide bonds.